The molecule has 1 atom stereocenters. The Morgan fingerprint density at radius 3 is 2.36 bits per heavy atom. The van der Waals surface area contributed by atoms with Crippen molar-refractivity contribution in [3.05, 3.63) is 65.7 Å². The van der Waals surface area contributed by atoms with Gasteiger partial charge in [0.25, 0.3) is 5.91 Å². The first kappa shape index (κ1) is 18.7. The number of nitrogens with one attached hydrogen (secondary N) is 2. The Balaban J connectivity index is 2.03. The number of unbranched alkanes of at least 4 members (excludes halogenated alkanes) is 2. The van der Waals surface area contributed by atoms with Crippen molar-refractivity contribution < 1.29 is 9.59 Å². The number of rotatable bonds is 8. The highest BCUT2D eigenvalue weighted by molar-refractivity contribution is 6.03. The van der Waals surface area contributed by atoms with Gasteiger partial charge in [-0.3, -0.25) is 9.59 Å². The molecule has 0 heterocycles. The fourth-order valence-electron chi connectivity index (χ4n) is 2.64. The van der Waals surface area contributed by atoms with Crippen LogP contribution in [0.4, 0.5) is 5.69 Å². The second-order valence-electron chi connectivity index (χ2n) is 6.16. The second-order valence-corrected chi connectivity index (χ2v) is 6.16. The molecule has 0 aliphatic carbocycles. The van der Waals surface area contributed by atoms with Crippen LogP contribution in [0.5, 0.6) is 0 Å². The van der Waals surface area contributed by atoms with Gasteiger partial charge < -0.3 is 10.6 Å². The molecule has 2 amide bonds. The summed E-state index contributed by atoms with van der Waals surface area (Å²) in [6.07, 6.45) is 3.44. The summed E-state index contributed by atoms with van der Waals surface area (Å²) in [6, 6.07) is 16.8. The normalized spacial score (nSPS) is 11.6. The molecule has 0 unspecified atom stereocenters. The van der Waals surface area contributed by atoms with E-state index in [1.165, 1.54) is 0 Å². The molecular formula is C21H26N2O2. The van der Waals surface area contributed by atoms with E-state index in [9.17, 15) is 9.59 Å². The number of carbonyl (C=O) groups is 2. The third-order valence-electron chi connectivity index (χ3n) is 4.10. The van der Waals surface area contributed by atoms with E-state index in [1.807, 2.05) is 43.3 Å². The summed E-state index contributed by atoms with van der Waals surface area (Å²) in [5, 5.41) is 5.85. The SMILES string of the molecule is CCCCCC(=O)Nc1ccccc1C(=O)N[C@@H](C)c1ccccc1. The highest BCUT2D eigenvalue weighted by Gasteiger charge is 2.15. The van der Waals surface area contributed by atoms with Crippen molar-refractivity contribution in [1.82, 2.24) is 5.32 Å². The van der Waals surface area contributed by atoms with Crippen molar-refractivity contribution in [3.8, 4) is 0 Å². The van der Waals surface area contributed by atoms with Crippen LogP contribution in [-0.4, -0.2) is 11.8 Å². The predicted octanol–water partition coefficient (Wildman–Crippen LogP) is 4.70. The first-order chi connectivity index (χ1) is 12.1. The molecule has 0 aliphatic heterocycles. The van der Waals surface area contributed by atoms with Crippen molar-refractivity contribution in [2.45, 2.75) is 45.6 Å². The van der Waals surface area contributed by atoms with Gasteiger partial charge >= 0.3 is 0 Å². The van der Waals surface area contributed by atoms with Crippen LogP contribution in [0.15, 0.2) is 54.6 Å². The van der Waals surface area contributed by atoms with Gasteiger partial charge in [0.2, 0.25) is 5.91 Å². The van der Waals surface area contributed by atoms with Crippen LogP contribution in [0.3, 0.4) is 0 Å². The van der Waals surface area contributed by atoms with Crippen molar-refractivity contribution in [3.63, 3.8) is 0 Å². The van der Waals surface area contributed by atoms with Crippen LogP contribution in [0.2, 0.25) is 0 Å². The zero-order chi connectivity index (χ0) is 18.1. The summed E-state index contributed by atoms with van der Waals surface area (Å²) in [7, 11) is 0. The molecule has 0 aromatic heterocycles. The Labute approximate surface area is 149 Å². The predicted molar refractivity (Wildman–Crippen MR) is 102 cm³/mol. The Hall–Kier alpha value is -2.62. The Morgan fingerprint density at radius 1 is 0.960 bits per heavy atom. The molecule has 2 rings (SSSR count). The fraction of sp³-hybridized carbons (Fsp3) is 0.333. The lowest BCUT2D eigenvalue weighted by Gasteiger charge is -2.16. The number of para-hydroxylation sites is 1. The van der Waals surface area contributed by atoms with Crippen LogP contribution < -0.4 is 10.6 Å². The lowest BCUT2D eigenvalue weighted by atomic mass is 10.1. The lowest BCUT2D eigenvalue weighted by Crippen LogP contribution is -2.28. The van der Waals surface area contributed by atoms with Gasteiger partial charge in [0.1, 0.15) is 0 Å². The van der Waals surface area contributed by atoms with Gasteiger partial charge in [0, 0.05) is 6.42 Å². The molecule has 0 saturated heterocycles. The van der Waals surface area contributed by atoms with Crippen LogP contribution in [-0.2, 0) is 4.79 Å². The van der Waals surface area contributed by atoms with Gasteiger partial charge in [-0.05, 0) is 31.0 Å². The minimum Gasteiger partial charge on any atom is -0.345 e. The van der Waals surface area contributed by atoms with E-state index >= 15 is 0 Å². The van der Waals surface area contributed by atoms with E-state index in [-0.39, 0.29) is 17.9 Å². The van der Waals surface area contributed by atoms with Crippen LogP contribution in [0.25, 0.3) is 0 Å². The Bertz CT molecular complexity index is 698. The molecule has 4 nitrogen and oxygen atoms in total. The van der Waals surface area contributed by atoms with E-state index in [0.717, 1.165) is 24.8 Å². The van der Waals surface area contributed by atoms with E-state index in [1.54, 1.807) is 18.2 Å². The molecular weight excluding hydrogens is 312 g/mol. The zero-order valence-corrected chi connectivity index (χ0v) is 14.9. The van der Waals surface area contributed by atoms with Gasteiger partial charge in [0.05, 0.1) is 17.3 Å². The van der Waals surface area contributed by atoms with Gasteiger partial charge in [-0.25, -0.2) is 0 Å². The average molecular weight is 338 g/mol. The summed E-state index contributed by atoms with van der Waals surface area (Å²) in [5.41, 5.74) is 2.08. The number of benzene rings is 2. The molecule has 2 N–H and O–H groups in total. The fourth-order valence-corrected chi connectivity index (χ4v) is 2.64. The summed E-state index contributed by atoms with van der Waals surface area (Å²) in [6.45, 7) is 4.05. The lowest BCUT2D eigenvalue weighted by molar-refractivity contribution is -0.116. The number of amides is 2. The molecule has 4 heteroatoms. The molecule has 0 radical (unpaired) electrons. The van der Waals surface area contributed by atoms with E-state index in [0.29, 0.717) is 17.7 Å². The number of hydrogen-bond acceptors (Lipinski definition) is 2. The maximum Gasteiger partial charge on any atom is 0.253 e. The summed E-state index contributed by atoms with van der Waals surface area (Å²) >= 11 is 0. The topological polar surface area (TPSA) is 58.2 Å². The molecule has 2 aromatic rings. The minimum atomic E-state index is -0.194. The van der Waals surface area contributed by atoms with Crippen LogP contribution in [0, 0.1) is 0 Å². The van der Waals surface area contributed by atoms with Gasteiger partial charge in [0.15, 0.2) is 0 Å². The maximum absolute atomic E-state index is 12.6. The monoisotopic (exact) mass is 338 g/mol. The van der Waals surface area contributed by atoms with E-state index < -0.39 is 0 Å². The minimum absolute atomic E-state index is 0.0511. The van der Waals surface area contributed by atoms with Crippen LogP contribution >= 0.6 is 0 Å². The molecule has 25 heavy (non-hydrogen) atoms. The van der Waals surface area contributed by atoms with Crippen molar-refractivity contribution in [1.29, 1.82) is 0 Å². The molecule has 0 spiro atoms. The highest BCUT2D eigenvalue weighted by atomic mass is 16.2. The summed E-state index contributed by atoms with van der Waals surface area (Å²) < 4.78 is 0. The molecule has 0 fully saturated rings. The van der Waals surface area contributed by atoms with Gasteiger partial charge in [-0.2, -0.15) is 0 Å². The van der Waals surface area contributed by atoms with Crippen LogP contribution in [0.1, 0.15) is 61.5 Å². The first-order valence-electron chi connectivity index (χ1n) is 8.86. The standard InChI is InChI=1S/C21H26N2O2/c1-3-4-6-15-20(24)23-19-14-10-9-13-18(19)21(25)22-16(2)17-11-7-5-8-12-17/h5,7-14,16H,3-4,6,15H2,1-2H3,(H,22,25)(H,23,24)/t16-/m0/s1. The van der Waals surface area contributed by atoms with Gasteiger partial charge in [-0.15, -0.1) is 0 Å². The smallest absolute Gasteiger partial charge is 0.253 e. The first-order valence-corrected chi connectivity index (χ1v) is 8.86. The largest absolute Gasteiger partial charge is 0.345 e. The average Bonchev–Trinajstić information content (AvgIpc) is 2.63. The zero-order valence-electron chi connectivity index (χ0n) is 14.9. The highest BCUT2D eigenvalue weighted by Crippen LogP contribution is 2.18. The van der Waals surface area contributed by atoms with Crippen molar-refractivity contribution in [2.75, 3.05) is 5.32 Å². The quantitative estimate of drug-likeness (QED) is 0.686. The molecule has 0 saturated carbocycles. The third kappa shape index (κ3) is 5.75. The van der Waals surface area contributed by atoms with Gasteiger partial charge in [-0.1, -0.05) is 62.2 Å². The maximum atomic E-state index is 12.6. The Morgan fingerprint density at radius 2 is 1.64 bits per heavy atom. The molecule has 2 aromatic carbocycles. The molecule has 132 valence electrons. The van der Waals surface area contributed by atoms with Crippen molar-refractivity contribution in [2.24, 2.45) is 0 Å². The summed E-state index contributed by atoms with van der Waals surface area (Å²) in [4.78, 5) is 24.7. The number of carbonyl (C=O) groups excluding carboxylic acids is 2. The molecule has 0 bridgehead atoms. The van der Waals surface area contributed by atoms with E-state index in [4.69, 9.17) is 0 Å². The molecule has 0 aliphatic rings. The summed E-state index contributed by atoms with van der Waals surface area (Å²) in [5.74, 6) is -0.245. The number of hydrogen-bond donors (Lipinski definition) is 2. The van der Waals surface area contributed by atoms with E-state index in [2.05, 4.69) is 17.6 Å². The Kier molecular flexibility index (Phi) is 7.20. The van der Waals surface area contributed by atoms with Crippen molar-refractivity contribution >= 4 is 17.5 Å². The second kappa shape index (κ2) is 9.62. The number of anilines is 1. The third-order valence-corrected chi connectivity index (χ3v) is 4.10.